The summed E-state index contributed by atoms with van der Waals surface area (Å²) in [5.74, 6) is 0.146. The third-order valence-electron chi connectivity index (χ3n) is 10.1. The monoisotopic (exact) mass is 604 g/mol. The number of allylic oxidation sites excluding steroid dienone is 1. The molecule has 2 saturated heterocycles. The van der Waals surface area contributed by atoms with Gasteiger partial charge in [0.2, 0.25) is 11.8 Å². The first-order valence-corrected chi connectivity index (χ1v) is 16.4. The molecule has 1 saturated carbocycles. The fraction of sp³-hybridized carbons (Fsp3) is 0.395. The van der Waals surface area contributed by atoms with Gasteiger partial charge in [0, 0.05) is 23.7 Å². The maximum absolute atomic E-state index is 14.0. The number of hydrogen-bond acceptors (Lipinski definition) is 6. The van der Waals surface area contributed by atoms with E-state index in [0.29, 0.717) is 32.5 Å². The van der Waals surface area contributed by atoms with Crippen LogP contribution in [0.2, 0.25) is 0 Å². The zero-order chi connectivity index (χ0) is 30.8. The Kier molecular flexibility index (Phi) is 8.53. The Morgan fingerprint density at radius 2 is 1.71 bits per heavy atom. The van der Waals surface area contributed by atoms with E-state index < -0.39 is 0 Å². The number of aromatic hydroxyl groups is 1. The number of phenols is 1. The third kappa shape index (κ3) is 5.94. The highest BCUT2D eigenvalue weighted by Crippen LogP contribution is 2.51. The van der Waals surface area contributed by atoms with Crippen LogP contribution in [0.4, 0.5) is 0 Å². The number of hydrogen-bond donors (Lipinski definition) is 1. The van der Waals surface area contributed by atoms with Crippen molar-refractivity contribution in [3.8, 4) is 11.5 Å². The molecule has 3 heterocycles. The molecule has 232 valence electrons. The van der Waals surface area contributed by atoms with E-state index in [1.165, 1.54) is 6.42 Å². The standard InChI is InChI=1S/C38H40N2O5/c41-33-17-8-7-11-26(33)21-25(32-16-9-10-20-39-32)18-19-34-35-27(23-44-29-14-5-2-6-15-29)22-30-36(31(35)24-45-34)38(43)40(37(30)42)28-12-3-1-4-13-28/h2,5-11,14-17,20-21,28,30-31,34,36,41H,1,3-4,12-13,18-19,22-24H2/b25-21-/t30-,31+,34-,36-/m1/s1. The number of benzene rings is 2. The van der Waals surface area contributed by atoms with Gasteiger partial charge < -0.3 is 14.6 Å². The maximum atomic E-state index is 14.0. The predicted molar refractivity (Wildman–Crippen MR) is 172 cm³/mol. The number of carbonyl (C=O) groups excluding carboxylic acids is 2. The Morgan fingerprint density at radius 3 is 2.49 bits per heavy atom. The first-order chi connectivity index (χ1) is 22.1. The van der Waals surface area contributed by atoms with Crippen LogP contribution in [0.1, 0.15) is 62.6 Å². The quantitative estimate of drug-likeness (QED) is 0.213. The Labute approximate surface area is 264 Å². The van der Waals surface area contributed by atoms with Crippen LogP contribution in [-0.2, 0) is 14.3 Å². The summed E-state index contributed by atoms with van der Waals surface area (Å²) in [6, 6.07) is 22.9. The van der Waals surface area contributed by atoms with Gasteiger partial charge in [-0.1, -0.05) is 61.7 Å². The third-order valence-corrected chi connectivity index (χ3v) is 10.1. The highest BCUT2D eigenvalue weighted by molar-refractivity contribution is 6.06. The van der Waals surface area contributed by atoms with Crippen molar-refractivity contribution in [3.05, 3.63) is 101 Å². The number of phenolic OH excluding ortho intramolecular Hbond substituents is 1. The molecule has 0 radical (unpaired) electrons. The van der Waals surface area contributed by atoms with Crippen LogP contribution < -0.4 is 4.74 Å². The summed E-state index contributed by atoms with van der Waals surface area (Å²) < 4.78 is 12.8. The first-order valence-electron chi connectivity index (χ1n) is 16.4. The molecule has 4 aliphatic rings. The number of pyridine rings is 1. The smallest absolute Gasteiger partial charge is 0.234 e. The van der Waals surface area contributed by atoms with Crippen molar-refractivity contribution in [1.82, 2.24) is 9.88 Å². The normalized spacial score (nSPS) is 25.4. The van der Waals surface area contributed by atoms with Crippen LogP contribution in [0.5, 0.6) is 11.5 Å². The molecule has 1 aromatic heterocycles. The lowest BCUT2D eigenvalue weighted by Gasteiger charge is -2.32. The summed E-state index contributed by atoms with van der Waals surface area (Å²) >= 11 is 0. The zero-order valence-corrected chi connectivity index (χ0v) is 25.5. The predicted octanol–water partition coefficient (Wildman–Crippen LogP) is 6.84. The molecule has 1 N–H and O–H groups in total. The lowest BCUT2D eigenvalue weighted by Crippen LogP contribution is -2.42. The van der Waals surface area contributed by atoms with Crippen LogP contribution in [0.15, 0.2) is 90.1 Å². The van der Waals surface area contributed by atoms with Gasteiger partial charge in [-0.2, -0.15) is 0 Å². The molecular formula is C38H40N2O5. The minimum absolute atomic E-state index is 0.000279. The number of nitrogens with zero attached hydrogens (tertiary/aromatic N) is 2. The van der Waals surface area contributed by atoms with Gasteiger partial charge in [-0.25, -0.2) is 0 Å². The number of imide groups is 1. The number of carbonyl (C=O) groups is 2. The second-order valence-corrected chi connectivity index (χ2v) is 12.7. The van der Waals surface area contributed by atoms with Crippen molar-refractivity contribution in [1.29, 1.82) is 0 Å². The van der Waals surface area contributed by atoms with E-state index in [9.17, 15) is 14.7 Å². The van der Waals surface area contributed by atoms with E-state index in [1.807, 2.05) is 72.8 Å². The van der Waals surface area contributed by atoms with Gasteiger partial charge in [-0.15, -0.1) is 0 Å². The van der Waals surface area contributed by atoms with Gasteiger partial charge in [-0.3, -0.25) is 19.5 Å². The minimum atomic E-state index is -0.369. The number of rotatable bonds is 9. The largest absolute Gasteiger partial charge is 0.507 e. The lowest BCUT2D eigenvalue weighted by molar-refractivity contribution is -0.143. The number of fused-ring (bicyclic) bond motifs is 3. The Balaban J connectivity index is 1.18. The summed E-state index contributed by atoms with van der Waals surface area (Å²) in [4.78, 5) is 34.2. The van der Waals surface area contributed by atoms with Crippen molar-refractivity contribution in [2.24, 2.45) is 17.8 Å². The molecule has 7 rings (SSSR count). The van der Waals surface area contributed by atoms with Gasteiger partial charge in [0.15, 0.2) is 0 Å². The van der Waals surface area contributed by atoms with Crippen LogP contribution >= 0.6 is 0 Å². The molecule has 2 amide bonds. The highest BCUT2D eigenvalue weighted by Gasteiger charge is 2.58. The van der Waals surface area contributed by atoms with Crippen LogP contribution in [0, 0.1) is 17.8 Å². The number of ether oxygens (including phenoxy) is 2. The molecule has 3 fully saturated rings. The fourth-order valence-corrected chi connectivity index (χ4v) is 7.93. The molecule has 45 heavy (non-hydrogen) atoms. The van der Waals surface area contributed by atoms with Crippen molar-refractivity contribution in [2.75, 3.05) is 13.2 Å². The first kappa shape index (κ1) is 29.5. The molecule has 0 unspecified atom stereocenters. The molecule has 3 aromatic rings. The molecular weight excluding hydrogens is 564 g/mol. The summed E-state index contributed by atoms with van der Waals surface area (Å²) in [5.41, 5.74) is 4.81. The zero-order valence-electron chi connectivity index (χ0n) is 25.5. The van der Waals surface area contributed by atoms with E-state index in [4.69, 9.17) is 9.47 Å². The van der Waals surface area contributed by atoms with Crippen molar-refractivity contribution in [3.63, 3.8) is 0 Å². The van der Waals surface area contributed by atoms with E-state index in [2.05, 4.69) is 4.98 Å². The molecule has 2 aliphatic carbocycles. The van der Waals surface area contributed by atoms with Gasteiger partial charge in [0.1, 0.15) is 18.1 Å². The molecule has 4 atom stereocenters. The molecule has 7 nitrogen and oxygen atoms in total. The summed E-state index contributed by atoms with van der Waals surface area (Å²) in [7, 11) is 0. The average molecular weight is 605 g/mol. The Morgan fingerprint density at radius 1 is 0.933 bits per heavy atom. The summed E-state index contributed by atoms with van der Waals surface area (Å²) in [6.45, 7) is 0.792. The maximum Gasteiger partial charge on any atom is 0.234 e. The molecule has 0 bridgehead atoms. The van der Waals surface area contributed by atoms with Crippen LogP contribution in [0.25, 0.3) is 11.6 Å². The van der Waals surface area contributed by atoms with Crippen molar-refractivity contribution < 1.29 is 24.2 Å². The average Bonchev–Trinajstić information content (AvgIpc) is 3.61. The fourth-order valence-electron chi connectivity index (χ4n) is 7.93. The summed E-state index contributed by atoms with van der Waals surface area (Å²) in [6.07, 6.45) is 10.6. The van der Waals surface area contributed by atoms with Crippen molar-refractivity contribution in [2.45, 2.75) is 63.5 Å². The second-order valence-electron chi connectivity index (χ2n) is 12.7. The Hall–Kier alpha value is -4.23. The van der Waals surface area contributed by atoms with Crippen molar-refractivity contribution >= 4 is 23.5 Å². The van der Waals surface area contributed by atoms with E-state index in [0.717, 1.165) is 59.4 Å². The van der Waals surface area contributed by atoms with E-state index in [1.54, 1.807) is 17.2 Å². The number of likely N-dealkylation sites (tertiary alicyclic amines) is 1. The molecule has 2 aromatic carbocycles. The summed E-state index contributed by atoms with van der Waals surface area (Å²) in [5, 5.41) is 10.5. The lowest BCUT2D eigenvalue weighted by atomic mass is 9.69. The van der Waals surface area contributed by atoms with Gasteiger partial charge in [0.25, 0.3) is 0 Å². The molecule has 2 aliphatic heterocycles. The van der Waals surface area contributed by atoms with E-state index in [-0.39, 0.29) is 47.5 Å². The number of para-hydroxylation sites is 2. The minimum Gasteiger partial charge on any atom is -0.507 e. The molecule has 0 spiro atoms. The van der Waals surface area contributed by atoms with Crippen LogP contribution in [0.3, 0.4) is 0 Å². The topological polar surface area (TPSA) is 89.0 Å². The second kappa shape index (κ2) is 13.0. The van der Waals surface area contributed by atoms with Gasteiger partial charge in [-0.05, 0) is 85.2 Å². The van der Waals surface area contributed by atoms with Gasteiger partial charge in [0.05, 0.1) is 30.2 Å². The van der Waals surface area contributed by atoms with E-state index >= 15 is 0 Å². The highest BCUT2D eigenvalue weighted by atomic mass is 16.5. The number of aromatic nitrogens is 1. The SMILES string of the molecule is O=C1[C@@H]2[C@@H](CC(COc3ccccc3)=C3[C@@H](CC/C(=C/c4ccccc4O)c4ccccn4)OC[C@@H]32)C(=O)N1C1CCCCC1. The number of amides is 2. The van der Waals surface area contributed by atoms with Crippen LogP contribution in [-0.4, -0.2) is 52.2 Å². The molecule has 7 heteroatoms. The van der Waals surface area contributed by atoms with Gasteiger partial charge >= 0.3 is 0 Å². The Bertz CT molecular complexity index is 1590.